The number of hydrogen-bond acceptors (Lipinski definition) is 6. The smallest absolute Gasteiger partial charge is 0.338 e. The van der Waals surface area contributed by atoms with Crippen molar-refractivity contribution >= 4 is 29.4 Å². The quantitative estimate of drug-likeness (QED) is 0.441. The van der Waals surface area contributed by atoms with Crippen LogP contribution in [0.2, 0.25) is 0 Å². The van der Waals surface area contributed by atoms with E-state index in [4.69, 9.17) is 9.47 Å². The molecule has 25 heavy (non-hydrogen) atoms. The van der Waals surface area contributed by atoms with Gasteiger partial charge in [0.25, 0.3) is 5.91 Å². The van der Waals surface area contributed by atoms with E-state index >= 15 is 0 Å². The highest BCUT2D eigenvalue weighted by molar-refractivity contribution is 6.20. The van der Waals surface area contributed by atoms with Crippen molar-refractivity contribution in [2.45, 2.75) is 25.9 Å². The lowest BCUT2D eigenvalue weighted by molar-refractivity contribution is -0.129. The van der Waals surface area contributed by atoms with Crippen LogP contribution in [0.3, 0.4) is 0 Å². The Bertz CT molecular complexity index is 671. The summed E-state index contributed by atoms with van der Waals surface area (Å²) in [5.41, 5.74) is 0.473. The van der Waals surface area contributed by atoms with Crippen molar-refractivity contribution in [2.24, 2.45) is 0 Å². The number of methoxy groups -OCH3 is 1. The van der Waals surface area contributed by atoms with Crippen LogP contribution in [0.5, 0.6) is 0 Å². The molecule has 0 unspecified atom stereocenters. The highest BCUT2D eigenvalue weighted by atomic mass is 16.5. The Balaban J connectivity index is 2.02. The molecule has 8 nitrogen and oxygen atoms in total. The number of nitrogens with zero attached hydrogens (tertiary/aromatic N) is 1. The molecule has 3 amide bonds. The number of benzene rings is 1. The van der Waals surface area contributed by atoms with Crippen molar-refractivity contribution in [3.63, 3.8) is 0 Å². The van der Waals surface area contributed by atoms with Crippen molar-refractivity contribution in [3.05, 3.63) is 29.8 Å². The number of ether oxygens (including phenoxy) is 2. The number of carbonyl (C=O) groups excluding carboxylic acids is 4. The third-order valence-electron chi connectivity index (χ3n) is 3.65. The second kappa shape index (κ2) is 8.39. The van der Waals surface area contributed by atoms with Gasteiger partial charge in [-0.1, -0.05) is 6.07 Å². The van der Waals surface area contributed by atoms with Gasteiger partial charge in [0, 0.05) is 26.5 Å². The predicted octanol–water partition coefficient (Wildman–Crippen LogP) is 0.648. The molecule has 2 rings (SSSR count). The van der Waals surface area contributed by atoms with Crippen LogP contribution in [-0.4, -0.2) is 50.1 Å². The standard InChI is InChI=1S/C17H20N2O6/c1-11(16(22)18-8-9-24-2)25-17(23)12-4-3-5-13(10-12)19-14(20)6-7-15(19)21/h3-5,10-11H,6-9H2,1-2H3,(H,18,22)/t11-/m0/s1. The van der Waals surface area contributed by atoms with Gasteiger partial charge >= 0.3 is 5.97 Å². The monoisotopic (exact) mass is 348 g/mol. The van der Waals surface area contributed by atoms with E-state index in [2.05, 4.69) is 5.32 Å². The predicted molar refractivity (Wildman–Crippen MR) is 87.9 cm³/mol. The van der Waals surface area contributed by atoms with E-state index < -0.39 is 18.0 Å². The van der Waals surface area contributed by atoms with Crippen molar-refractivity contribution in [1.82, 2.24) is 5.32 Å². The number of nitrogens with one attached hydrogen (secondary N) is 1. The zero-order chi connectivity index (χ0) is 18.4. The maximum absolute atomic E-state index is 12.2. The van der Waals surface area contributed by atoms with Gasteiger partial charge in [-0.2, -0.15) is 0 Å². The summed E-state index contributed by atoms with van der Waals surface area (Å²) in [7, 11) is 1.51. The maximum Gasteiger partial charge on any atom is 0.338 e. The fourth-order valence-corrected chi connectivity index (χ4v) is 2.34. The average molecular weight is 348 g/mol. The Labute approximate surface area is 145 Å². The maximum atomic E-state index is 12.2. The molecular weight excluding hydrogens is 328 g/mol. The van der Waals surface area contributed by atoms with Crippen molar-refractivity contribution in [3.8, 4) is 0 Å². The molecule has 1 aromatic rings. The van der Waals surface area contributed by atoms with Gasteiger partial charge in [-0.3, -0.25) is 19.3 Å². The second-order valence-corrected chi connectivity index (χ2v) is 5.50. The summed E-state index contributed by atoms with van der Waals surface area (Å²) in [6.45, 7) is 2.12. The van der Waals surface area contributed by atoms with Crippen LogP contribution in [0.4, 0.5) is 5.69 Å². The minimum atomic E-state index is -0.983. The molecule has 1 fully saturated rings. The van der Waals surface area contributed by atoms with Crippen molar-refractivity contribution in [1.29, 1.82) is 0 Å². The molecule has 1 heterocycles. The van der Waals surface area contributed by atoms with Gasteiger partial charge in [0.15, 0.2) is 6.10 Å². The lowest BCUT2D eigenvalue weighted by Gasteiger charge is -2.16. The van der Waals surface area contributed by atoms with Crippen molar-refractivity contribution in [2.75, 3.05) is 25.2 Å². The van der Waals surface area contributed by atoms with E-state index in [9.17, 15) is 19.2 Å². The minimum absolute atomic E-state index is 0.154. The first-order valence-electron chi connectivity index (χ1n) is 7.87. The number of amides is 3. The first kappa shape index (κ1) is 18.6. The molecule has 0 spiro atoms. The Morgan fingerprint density at radius 2 is 1.92 bits per heavy atom. The number of anilines is 1. The number of esters is 1. The Hall–Kier alpha value is -2.74. The van der Waals surface area contributed by atoms with Gasteiger partial charge < -0.3 is 14.8 Å². The number of rotatable bonds is 7. The summed E-state index contributed by atoms with van der Waals surface area (Å²) in [5, 5.41) is 2.57. The first-order chi connectivity index (χ1) is 11.9. The third kappa shape index (κ3) is 4.63. The van der Waals surface area contributed by atoms with Crippen LogP contribution in [0.25, 0.3) is 0 Å². The molecule has 0 bridgehead atoms. The Morgan fingerprint density at radius 3 is 2.56 bits per heavy atom. The molecule has 1 aromatic carbocycles. The van der Waals surface area contributed by atoms with E-state index in [1.165, 1.54) is 26.2 Å². The van der Waals surface area contributed by atoms with Crippen LogP contribution in [-0.2, 0) is 23.9 Å². The third-order valence-corrected chi connectivity index (χ3v) is 3.65. The van der Waals surface area contributed by atoms with Gasteiger partial charge in [-0.15, -0.1) is 0 Å². The average Bonchev–Trinajstić information content (AvgIpc) is 2.93. The van der Waals surface area contributed by atoms with E-state index in [1.807, 2.05) is 0 Å². The summed E-state index contributed by atoms with van der Waals surface area (Å²) >= 11 is 0. The minimum Gasteiger partial charge on any atom is -0.449 e. The van der Waals surface area contributed by atoms with E-state index in [0.717, 1.165) is 4.90 Å². The number of hydrogen-bond donors (Lipinski definition) is 1. The topological polar surface area (TPSA) is 102 Å². The van der Waals surface area contributed by atoms with Crippen LogP contribution in [0.15, 0.2) is 24.3 Å². The van der Waals surface area contributed by atoms with Gasteiger partial charge in [-0.25, -0.2) is 4.79 Å². The van der Waals surface area contributed by atoms with Crippen LogP contribution >= 0.6 is 0 Å². The Kier molecular flexibility index (Phi) is 6.24. The molecule has 0 saturated carbocycles. The summed E-state index contributed by atoms with van der Waals surface area (Å²) in [6.07, 6.45) is -0.665. The zero-order valence-corrected chi connectivity index (χ0v) is 14.1. The number of imide groups is 1. The Morgan fingerprint density at radius 1 is 1.24 bits per heavy atom. The molecule has 0 aliphatic carbocycles. The van der Waals surface area contributed by atoms with E-state index in [-0.39, 0.29) is 30.2 Å². The highest BCUT2D eigenvalue weighted by Crippen LogP contribution is 2.23. The summed E-state index contributed by atoms with van der Waals surface area (Å²) in [6, 6.07) is 6.01. The van der Waals surface area contributed by atoms with Crippen LogP contribution in [0.1, 0.15) is 30.1 Å². The van der Waals surface area contributed by atoms with Gasteiger partial charge in [0.2, 0.25) is 11.8 Å². The van der Waals surface area contributed by atoms with E-state index in [1.54, 1.807) is 12.1 Å². The second-order valence-electron chi connectivity index (χ2n) is 5.50. The van der Waals surface area contributed by atoms with Gasteiger partial charge in [-0.05, 0) is 25.1 Å². The number of carbonyl (C=O) groups is 4. The lowest BCUT2D eigenvalue weighted by atomic mass is 10.2. The SMILES string of the molecule is COCCNC(=O)[C@H](C)OC(=O)c1cccc(N2C(=O)CCC2=O)c1. The first-order valence-corrected chi connectivity index (χ1v) is 7.87. The normalized spacial score (nSPS) is 15.2. The molecule has 8 heteroatoms. The largest absolute Gasteiger partial charge is 0.449 e. The summed E-state index contributed by atoms with van der Waals surface area (Å²) < 4.78 is 9.94. The molecule has 1 atom stereocenters. The highest BCUT2D eigenvalue weighted by Gasteiger charge is 2.30. The molecule has 1 aliphatic rings. The van der Waals surface area contributed by atoms with Gasteiger partial charge in [0.05, 0.1) is 17.9 Å². The van der Waals surface area contributed by atoms with Crippen LogP contribution < -0.4 is 10.2 Å². The summed E-state index contributed by atoms with van der Waals surface area (Å²) in [4.78, 5) is 48.6. The fraction of sp³-hybridized carbons (Fsp3) is 0.412. The fourth-order valence-electron chi connectivity index (χ4n) is 2.34. The summed E-state index contributed by atoms with van der Waals surface area (Å²) in [5.74, 6) is -1.76. The van der Waals surface area contributed by atoms with Gasteiger partial charge in [0.1, 0.15) is 0 Å². The van der Waals surface area contributed by atoms with Crippen LogP contribution in [0, 0.1) is 0 Å². The molecular formula is C17H20N2O6. The zero-order valence-electron chi connectivity index (χ0n) is 14.1. The lowest BCUT2D eigenvalue weighted by Crippen LogP contribution is -2.37. The molecule has 1 aliphatic heterocycles. The molecule has 1 saturated heterocycles. The molecule has 1 N–H and O–H groups in total. The molecule has 0 aromatic heterocycles. The molecule has 134 valence electrons. The molecule has 0 radical (unpaired) electrons. The van der Waals surface area contributed by atoms with Crippen molar-refractivity contribution < 1.29 is 28.7 Å². The van der Waals surface area contributed by atoms with E-state index in [0.29, 0.717) is 18.8 Å².